The molecule has 0 saturated heterocycles. The lowest BCUT2D eigenvalue weighted by Gasteiger charge is -2.13. The second-order valence-corrected chi connectivity index (χ2v) is 11.1. The predicted octanol–water partition coefficient (Wildman–Crippen LogP) is 5.55. The molecule has 0 spiro atoms. The van der Waals surface area contributed by atoms with Gasteiger partial charge in [-0.25, -0.2) is 18.4 Å². The van der Waals surface area contributed by atoms with Gasteiger partial charge in [-0.1, -0.05) is 31.3 Å². The lowest BCUT2D eigenvalue weighted by Crippen LogP contribution is -2.16. The lowest BCUT2D eigenvalue weighted by atomic mass is 10.0. The third-order valence-corrected chi connectivity index (χ3v) is 6.91. The summed E-state index contributed by atoms with van der Waals surface area (Å²) in [6.07, 6.45) is -1.35. The van der Waals surface area contributed by atoms with Crippen LogP contribution in [0.3, 0.4) is 0 Å². The first-order chi connectivity index (χ1) is 14.9. The number of imidazole rings is 1. The molecule has 0 aliphatic rings. The van der Waals surface area contributed by atoms with E-state index in [0.717, 1.165) is 22.8 Å². The number of aromatic nitrogens is 3. The number of benzene rings is 2. The quantitative estimate of drug-likeness (QED) is 0.390. The molecule has 0 saturated carbocycles. The summed E-state index contributed by atoms with van der Waals surface area (Å²) in [6, 6.07) is 8.37. The van der Waals surface area contributed by atoms with Crippen molar-refractivity contribution in [3.8, 4) is 0 Å². The van der Waals surface area contributed by atoms with Crippen LogP contribution in [-0.4, -0.2) is 35.4 Å². The number of rotatable bonds is 6. The number of alkyl halides is 3. The highest BCUT2D eigenvalue weighted by molar-refractivity contribution is 7.90. The van der Waals surface area contributed by atoms with Crippen molar-refractivity contribution in [2.24, 2.45) is 5.92 Å². The Hall–Kier alpha value is -2.66. The first kappa shape index (κ1) is 22.5. The average Bonchev–Trinajstić information content (AvgIpc) is 3.23. The minimum atomic E-state index is -4.38. The van der Waals surface area contributed by atoms with E-state index in [9.17, 15) is 21.6 Å². The van der Waals surface area contributed by atoms with Crippen molar-refractivity contribution in [3.63, 3.8) is 0 Å². The van der Waals surface area contributed by atoms with Crippen LogP contribution in [0.25, 0.3) is 21.3 Å². The Bertz CT molecular complexity index is 1410. The highest BCUT2D eigenvalue weighted by Crippen LogP contribution is 2.35. The van der Waals surface area contributed by atoms with Crippen molar-refractivity contribution in [3.05, 3.63) is 42.2 Å². The highest BCUT2D eigenvalue weighted by Gasteiger charge is 2.29. The van der Waals surface area contributed by atoms with Crippen molar-refractivity contribution in [1.82, 2.24) is 14.5 Å². The minimum Gasteiger partial charge on any atom is -0.331 e. The minimum absolute atomic E-state index is 0.180. The Morgan fingerprint density at radius 3 is 2.59 bits per heavy atom. The zero-order valence-corrected chi connectivity index (χ0v) is 19.2. The van der Waals surface area contributed by atoms with Crippen LogP contribution in [0.4, 0.5) is 24.0 Å². The second kappa shape index (κ2) is 8.04. The molecule has 11 heteroatoms. The van der Waals surface area contributed by atoms with E-state index in [1.807, 2.05) is 0 Å². The number of hydrogen-bond acceptors (Lipinski definition) is 6. The van der Waals surface area contributed by atoms with Crippen molar-refractivity contribution in [2.75, 3.05) is 11.6 Å². The van der Waals surface area contributed by atoms with E-state index in [4.69, 9.17) is 0 Å². The van der Waals surface area contributed by atoms with E-state index in [1.54, 1.807) is 30.3 Å². The number of halogens is 3. The molecule has 2 aromatic heterocycles. The topological polar surface area (TPSA) is 76.9 Å². The molecule has 0 amide bonds. The molecule has 2 aromatic carbocycles. The van der Waals surface area contributed by atoms with Gasteiger partial charge in [0.25, 0.3) is 0 Å². The fourth-order valence-corrected chi connectivity index (χ4v) is 5.08. The monoisotopic (exact) mass is 482 g/mol. The van der Waals surface area contributed by atoms with E-state index < -0.39 is 22.6 Å². The first-order valence-electron chi connectivity index (χ1n) is 9.82. The van der Waals surface area contributed by atoms with Crippen molar-refractivity contribution in [1.29, 1.82) is 0 Å². The SMILES string of the molecule is CC(C)Cc1ccc(S(C)(=O)=O)cc1Nc1nc2c(ccc3ncn(CC(F)(F)F)c32)s1. The van der Waals surface area contributed by atoms with Crippen LogP contribution in [-0.2, 0) is 22.8 Å². The third kappa shape index (κ3) is 4.73. The van der Waals surface area contributed by atoms with Gasteiger partial charge in [0.15, 0.2) is 15.0 Å². The average molecular weight is 483 g/mol. The molecule has 170 valence electrons. The third-order valence-electron chi connectivity index (χ3n) is 4.87. The fourth-order valence-electron chi connectivity index (χ4n) is 3.55. The molecule has 0 atom stereocenters. The number of nitrogens with one attached hydrogen (secondary N) is 1. The van der Waals surface area contributed by atoms with Crippen molar-refractivity contribution in [2.45, 2.75) is 37.9 Å². The largest absolute Gasteiger partial charge is 0.406 e. The molecule has 4 aromatic rings. The molecule has 4 rings (SSSR count). The molecule has 2 heterocycles. The number of sulfone groups is 1. The molecule has 1 N–H and O–H groups in total. The molecule has 0 bridgehead atoms. The lowest BCUT2D eigenvalue weighted by molar-refractivity contribution is -0.139. The van der Waals surface area contributed by atoms with Crippen molar-refractivity contribution < 1.29 is 21.6 Å². The van der Waals surface area contributed by atoms with Gasteiger partial charge in [0, 0.05) is 11.9 Å². The van der Waals surface area contributed by atoms with Crippen LogP contribution in [0.5, 0.6) is 0 Å². The Balaban J connectivity index is 1.79. The normalized spacial score (nSPS) is 12.8. The van der Waals surface area contributed by atoms with Crippen LogP contribution >= 0.6 is 11.3 Å². The summed E-state index contributed by atoms with van der Waals surface area (Å²) in [6.45, 7) is 2.97. The zero-order valence-electron chi connectivity index (χ0n) is 17.6. The van der Waals surface area contributed by atoms with Gasteiger partial charge in [-0.2, -0.15) is 13.2 Å². The van der Waals surface area contributed by atoms with Gasteiger partial charge in [0.1, 0.15) is 12.1 Å². The molecule has 0 unspecified atom stereocenters. The molecule has 0 radical (unpaired) electrons. The number of fused-ring (bicyclic) bond motifs is 3. The van der Waals surface area contributed by atoms with E-state index in [2.05, 4.69) is 29.1 Å². The number of nitrogens with zero attached hydrogens (tertiary/aromatic N) is 3. The summed E-state index contributed by atoms with van der Waals surface area (Å²) >= 11 is 1.28. The van der Waals surface area contributed by atoms with Gasteiger partial charge in [-0.05, 0) is 42.2 Å². The van der Waals surface area contributed by atoms with Gasteiger partial charge in [-0.15, -0.1) is 0 Å². The maximum absolute atomic E-state index is 13.0. The number of thiazole rings is 1. The van der Waals surface area contributed by atoms with Gasteiger partial charge in [0.2, 0.25) is 0 Å². The highest BCUT2D eigenvalue weighted by atomic mass is 32.2. The van der Waals surface area contributed by atoms with Crippen LogP contribution in [0, 0.1) is 5.92 Å². The summed E-state index contributed by atoms with van der Waals surface area (Å²) in [4.78, 5) is 8.79. The zero-order chi connectivity index (χ0) is 23.3. The number of hydrogen-bond donors (Lipinski definition) is 1. The van der Waals surface area contributed by atoms with E-state index in [0.29, 0.717) is 38.0 Å². The summed E-state index contributed by atoms with van der Waals surface area (Å²) < 4.78 is 64.8. The van der Waals surface area contributed by atoms with Crippen molar-refractivity contribution >= 4 is 53.2 Å². The second-order valence-electron chi connectivity index (χ2n) is 8.10. The van der Waals surface area contributed by atoms with Gasteiger partial charge in [0.05, 0.1) is 27.0 Å². The Morgan fingerprint density at radius 1 is 1.19 bits per heavy atom. The Labute approximate surface area is 187 Å². The van der Waals surface area contributed by atoms with Gasteiger partial charge < -0.3 is 9.88 Å². The van der Waals surface area contributed by atoms with Crippen LogP contribution in [0.15, 0.2) is 41.6 Å². The maximum atomic E-state index is 13.0. The summed E-state index contributed by atoms with van der Waals surface area (Å²) in [5.74, 6) is 0.339. The molecular formula is C21H21F3N4O2S2. The first-order valence-corrected chi connectivity index (χ1v) is 12.5. The molecule has 0 aliphatic carbocycles. The Morgan fingerprint density at radius 2 is 1.94 bits per heavy atom. The molecular weight excluding hydrogens is 461 g/mol. The Kier molecular flexibility index (Phi) is 5.66. The van der Waals surface area contributed by atoms with E-state index in [1.165, 1.54) is 17.7 Å². The predicted molar refractivity (Wildman–Crippen MR) is 120 cm³/mol. The molecule has 0 fully saturated rings. The molecule has 0 aliphatic heterocycles. The van der Waals surface area contributed by atoms with Crippen LogP contribution in [0.1, 0.15) is 19.4 Å². The smallest absolute Gasteiger partial charge is 0.331 e. The summed E-state index contributed by atoms with van der Waals surface area (Å²) in [5.41, 5.74) is 2.70. The van der Waals surface area contributed by atoms with E-state index in [-0.39, 0.29) is 4.90 Å². The fraction of sp³-hybridized carbons (Fsp3) is 0.333. The standard InChI is InChI=1S/C21H21F3N4O2S2/c1-12(2)8-13-4-5-14(32(3,29)30)9-16(13)26-20-27-18-17(31-20)7-6-15-19(18)28(11-25-15)10-21(22,23)24/h4-7,9,11-12H,8,10H2,1-3H3,(H,26,27). The van der Waals surface area contributed by atoms with Crippen LogP contribution < -0.4 is 5.32 Å². The molecule has 6 nitrogen and oxygen atoms in total. The van der Waals surface area contributed by atoms with Gasteiger partial charge in [-0.3, -0.25) is 0 Å². The molecule has 32 heavy (non-hydrogen) atoms. The van der Waals surface area contributed by atoms with Crippen LogP contribution in [0.2, 0.25) is 0 Å². The van der Waals surface area contributed by atoms with Gasteiger partial charge >= 0.3 is 6.18 Å². The number of anilines is 2. The summed E-state index contributed by atoms with van der Waals surface area (Å²) in [7, 11) is -3.41. The maximum Gasteiger partial charge on any atom is 0.406 e. The summed E-state index contributed by atoms with van der Waals surface area (Å²) in [5, 5.41) is 3.66. The van der Waals surface area contributed by atoms with E-state index >= 15 is 0 Å².